The van der Waals surface area contributed by atoms with E-state index >= 15 is 0 Å². The fourth-order valence-electron chi connectivity index (χ4n) is 3.63. The monoisotopic (exact) mass is 290 g/mol. The molecule has 21 heavy (non-hydrogen) atoms. The fourth-order valence-corrected chi connectivity index (χ4v) is 3.63. The third-order valence-corrected chi connectivity index (χ3v) is 4.65. The van der Waals surface area contributed by atoms with Crippen LogP contribution in [0.1, 0.15) is 23.7 Å². The molecule has 0 aliphatic carbocycles. The molecule has 0 spiro atoms. The molecule has 3 unspecified atom stereocenters. The predicted molar refractivity (Wildman–Crippen MR) is 79.9 cm³/mol. The molecular weight excluding hydrogens is 268 g/mol. The highest BCUT2D eigenvalue weighted by molar-refractivity contribution is 5.98. The van der Waals surface area contributed by atoms with Gasteiger partial charge in [-0.25, -0.2) is 0 Å². The lowest BCUT2D eigenvalue weighted by atomic mass is 10.0. The Hall–Kier alpha value is -1.75. The molecule has 2 saturated heterocycles. The molecule has 5 heteroatoms. The van der Waals surface area contributed by atoms with E-state index in [-0.39, 0.29) is 11.9 Å². The van der Waals surface area contributed by atoms with Crippen LogP contribution in [-0.4, -0.2) is 50.2 Å². The van der Waals surface area contributed by atoms with Crippen molar-refractivity contribution in [1.29, 1.82) is 0 Å². The second-order valence-corrected chi connectivity index (χ2v) is 5.85. The van der Waals surface area contributed by atoms with Crippen molar-refractivity contribution in [3.05, 3.63) is 23.8 Å². The van der Waals surface area contributed by atoms with Crippen molar-refractivity contribution in [2.24, 2.45) is 5.92 Å². The fraction of sp³-hybridized carbons (Fsp3) is 0.562. The summed E-state index contributed by atoms with van der Waals surface area (Å²) in [4.78, 5) is 15.0. The van der Waals surface area contributed by atoms with Gasteiger partial charge in [-0.3, -0.25) is 4.79 Å². The molecule has 114 valence electrons. The first-order valence-corrected chi connectivity index (χ1v) is 7.41. The highest BCUT2D eigenvalue weighted by Crippen LogP contribution is 2.35. The number of fused-ring (bicyclic) bond motifs is 1. The number of methoxy groups -OCH3 is 2. The van der Waals surface area contributed by atoms with Gasteiger partial charge < -0.3 is 19.7 Å². The first kappa shape index (κ1) is 14.2. The summed E-state index contributed by atoms with van der Waals surface area (Å²) in [6, 6.07) is 5.93. The predicted octanol–water partition coefficient (Wildman–Crippen LogP) is 1.53. The summed E-state index contributed by atoms with van der Waals surface area (Å²) < 4.78 is 10.6. The number of nitrogens with zero attached hydrogens (tertiary/aromatic N) is 1. The summed E-state index contributed by atoms with van der Waals surface area (Å²) in [5.41, 5.74) is 0.580. The SMILES string of the molecule is COc1ccc(OC)c(C(=O)N2C(C)CC3CNCC32)c1. The van der Waals surface area contributed by atoms with Gasteiger partial charge in [-0.2, -0.15) is 0 Å². The number of carbonyl (C=O) groups is 1. The smallest absolute Gasteiger partial charge is 0.258 e. The van der Waals surface area contributed by atoms with Crippen molar-refractivity contribution >= 4 is 5.91 Å². The number of likely N-dealkylation sites (tertiary alicyclic amines) is 1. The van der Waals surface area contributed by atoms with Crippen molar-refractivity contribution in [3.8, 4) is 11.5 Å². The summed E-state index contributed by atoms with van der Waals surface area (Å²) >= 11 is 0. The first-order valence-electron chi connectivity index (χ1n) is 7.41. The van der Waals surface area contributed by atoms with E-state index in [1.165, 1.54) is 0 Å². The molecule has 1 aromatic rings. The van der Waals surface area contributed by atoms with Gasteiger partial charge in [0.1, 0.15) is 11.5 Å². The minimum absolute atomic E-state index is 0.0365. The largest absolute Gasteiger partial charge is 0.497 e. The van der Waals surface area contributed by atoms with Gasteiger partial charge in [-0.05, 0) is 37.5 Å². The maximum atomic E-state index is 13.0. The van der Waals surface area contributed by atoms with Crippen LogP contribution in [0.5, 0.6) is 11.5 Å². The Balaban J connectivity index is 1.94. The summed E-state index contributed by atoms with van der Waals surface area (Å²) in [6.45, 7) is 4.02. The summed E-state index contributed by atoms with van der Waals surface area (Å²) in [5, 5.41) is 3.38. The average molecular weight is 290 g/mol. The zero-order chi connectivity index (χ0) is 15.0. The van der Waals surface area contributed by atoms with Gasteiger partial charge >= 0.3 is 0 Å². The molecule has 5 nitrogen and oxygen atoms in total. The number of carbonyl (C=O) groups excluding carboxylic acids is 1. The number of hydrogen-bond donors (Lipinski definition) is 1. The van der Waals surface area contributed by atoms with E-state index in [4.69, 9.17) is 9.47 Å². The highest BCUT2D eigenvalue weighted by atomic mass is 16.5. The number of ether oxygens (including phenoxy) is 2. The van der Waals surface area contributed by atoms with E-state index in [1.807, 2.05) is 11.0 Å². The zero-order valence-corrected chi connectivity index (χ0v) is 12.8. The Morgan fingerprint density at radius 1 is 1.29 bits per heavy atom. The van der Waals surface area contributed by atoms with Crippen LogP contribution in [0.3, 0.4) is 0 Å². The van der Waals surface area contributed by atoms with Crippen LogP contribution in [0.25, 0.3) is 0 Å². The van der Waals surface area contributed by atoms with Gasteiger partial charge in [-0.1, -0.05) is 0 Å². The maximum Gasteiger partial charge on any atom is 0.258 e. The molecule has 0 saturated carbocycles. The second-order valence-electron chi connectivity index (χ2n) is 5.85. The maximum absolute atomic E-state index is 13.0. The van der Waals surface area contributed by atoms with Crippen molar-refractivity contribution < 1.29 is 14.3 Å². The molecule has 2 fully saturated rings. The van der Waals surface area contributed by atoms with Crippen molar-refractivity contribution in [1.82, 2.24) is 10.2 Å². The molecule has 0 radical (unpaired) electrons. The number of rotatable bonds is 3. The van der Waals surface area contributed by atoms with Crippen LogP contribution in [-0.2, 0) is 0 Å². The number of amides is 1. The highest BCUT2D eigenvalue weighted by Gasteiger charge is 2.44. The van der Waals surface area contributed by atoms with E-state index in [2.05, 4.69) is 12.2 Å². The van der Waals surface area contributed by atoms with E-state index < -0.39 is 0 Å². The van der Waals surface area contributed by atoms with Crippen LogP contribution in [0.15, 0.2) is 18.2 Å². The van der Waals surface area contributed by atoms with Gasteiger partial charge in [0.05, 0.1) is 19.8 Å². The first-order chi connectivity index (χ1) is 10.2. The van der Waals surface area contributed by atoms with Gasteiger partial charge in [0.15, 0.2) is 0 Å². The van der Waals surface area contributed by atoms with Crippen LogP contribution in [0.2, 0.25) is 0 Å². The molecule has 3 rings (SSSR count). The van der Waals surface area contributed by atoms with Gasteiger partial charge in [0, 0.05) is 25.2 Å². The number of nitrogens with one attached hydrogen (secondary N) is 1. The molecule has 3 atom stereocenters. The van der Waals surface area contributed by atoms with Crippen molar-refractivity contribution in [2.75, 3.05) is 27.3 Å². The molecule has 0 aromatic heterocycles. The third kappa shape index (κ3) is 2.35. The summed E-state index contributed by atoms with van der Waals surface area (Å²) in [7, 11) is 3.19. The molecular formula is C16H22N2O3. The normalized spacial score (nSPS) is 27.6. The van der Waals surface area contributed by atoms with Gasteiger partial charge in [0.25, 0.3) is 5.91 Å². The van der Waals surface area contributed by atoms with E-state index in [1.54, 1.807) is 26.4 Å². The number of benzene rings is 1. The standard InChI is InChI=1S/C16H22N2O3/c1-10-6-11-8-17-9-14(11)18(10)16(19)13-7-12(20-2)4-5-15(13)21-3/h4-5,7,10-11,14,17H,6,8-9H2,1-3H3. The molecule has 2 aliphatic heterocycles. The molecule has 1 amide bonds. The lowest BCUT2D eigenvalue weighted by molar-refractivity contribution is 0.0678. The Bertz CT molecular complexity index is 546. The van der Waals surface area contributed by atoms with Crippen LogP contribution in [0.4, 0.5) is 0 Å². The quantitative estimate of drug-likeness (QED) is 0.917. The van der Waals surface area contributed by atoms with Crippen molar-refractivity contribution in [2.45, 2.75) is 25.4 Å². The Labute approximate surface area is 125 Å². The van der Waals surface area contributed by atoms with Crippen molar-refractivity contribution in [3.63, 3.8) is 0 Å². The Morgan fingerprint density at radius 2 is 2.10 bits per heavy atom. The Morgan fingerprint density at radius 3 is 2.81 bits per heavy atom. The summed E-state index contributed by atoms with van der Waals surface area (Å²) in [6.07, 6.45) is 1.07. The third-order valence-electron chi connectivity index (χ3n) is 4.65. The lowest BCUT2D eigenvalue weighted by Gasteiger charge is -2.28. The molecule has 0 bridgehead atoms. The second kappa shape index (κ2) is 5.56. The molecule has 1 N–H and O–H groups in total. The minimum Gasteiger partial charge on any atom is -0.497 e. The molecule has 2 heterocycles. The van der Waals surface area contributed by atoms with Gasteiger partial charge in [-0.15, -0.1) is 0 Å². The minimum atomic E-state index is 0.0365. The van der Waals surface area contributed by atoms with E-state index in [0.29, 0.717) is 29.0 Å². The van der Waals surface area contributed by atoms with Crippen LogP contribution < -0.4 is 14.8 Å². The Kier molecular flexibility index (Phi) is 3.76. The van der Waals surface area contributed by atoms with E-state index in [9.17, 15) is 4.79 Å². The van der Waals surface area contributed by atoms with Crippen LogP contribution in [0, 0.1) is 5.92 Å². The van der Waals surface area contributed by atoms with Gasteiger partial charge in [0.2, 0.25) is 0 Å². The summed E-state index contributed by atoms with van der Waals surface area (Å²) in [5.74, 6) is 1.88. The zero-order valence-electron chi connectivity index (χ0n) is 12.8. The lowest BCUT2D eigenvalue weighted by Crippen LogP contribution is -2.42. The molecule has 2 aliphatic rings. The number of hydrogen-bond acceptors (Lipinski definition) is 4. The van der Waals surface area contributed by atoms with E-state index in [0.717, 1.165) is 19.5 Å². The topological polar surface area (TPSA) is 50.8 Å². The molecule has 1 aromatic carbocycles. The average Bonchev–Trinajstić information content (AvgIpc) is 3.05. The van der Waals surface area contributed by atoms with Crippen LogP contribution >= 0.6 is 0 Å².